The van der Waals surface area contributed by atoms with E-state index in [1.165, 1.54) is 4.88 Å². The number of carbonyl (C=O) groups excluding carboxylic acids is 1. The molecule has 0 fully saturated rings. The van der Waals surface area contributed by atoms with E-state index in [-0.39, 0.29) is 5.91 Å². The third kappa shape index (κ3) is 3.58. The molecule has 0 bridgehead atoms. The molecule has 2 N–H and O–H groups in total. The van der Waals surface area contributed by atoms with E-state index in [0.29, 0.717) is 5.56 Å². The number of nitrogens with one attached hydrogen (secondary N) is 2. The molecule has 2 aromatic rings. The summed E-state index contributed by atoms with van der Waals surface area (Å²) < 4.78 is 1.14. The maximum atomic E-state index is 11.5. The van der Waals surface area contributed by atoms with E-state index in [0.717, 1.165) is 21.6 Å². The van der Waals surface area contributed by atoms with E-state index >= 15 is 0 Å². The lowest BCUT2D eigenvalue weighted by Crippen LogP contribution is -2.17. The molecule has 1 aromatic carbocycles. The Hall–Kier alpha value is -1.33. The normalized spacial score (nSPS) is 10.3. The van der Waals surface area contributed by atoms with Crippen LogP contribution in [0.1, 0.15) is 20.8 Å². The van der Waals surface area contributed by atoms with E-state index in [4.69, 9.17) is 0 Å². The van der Waals surface area contributed by atoms with Crippen LogP contribution in [0.15, 0.2) is 34.1 Å². The number of aryl methyl sites for hydroxylation is 1. The van der Waals surface area contributed by atoms with Gasteiger partial charge in [0.25, 0.3) is 5.91 Å². The van der Waals surface area contributed by atoms with Gasteiger partial charge in [0.1, 0.15) is 0 Å². The molecule has 0 radical (unpaired) electrons. The molecule has 0 saturated heterocycles. The number of hydrogen-bond acceptors (Lipinski definition) is 3. The van der Waals surface area contributed by atoms with Crippen molar-refractivity contribution in [2.45, 2.75) is 13.5 Å². The van der Waals surface area contributed by atoms with E-state index in [9.17, 15) is 4.79 Å². The van der Waals surface area contributed by atoms with Gasteiger partial charge >= 0.3 is 0 Å². The molecule has 2 rings (SSSR count). The first-order valence-corrected chi connectivity index (χ1v) is 7.52. The van der Waals surface area contributed by atoms with Gasteiger partial charge in [-0.25, -0.2) is 0 Å². The highest BCUT2D eigenvalue weighted by Gasteiger charge is 2.06. The Kier molecular flexibility index (Phi) is 4.61. The van der Waals surface area contributed by atoms with Crippen molar-refractivity contribution < 1.29 is 4.79 Å². The summed E-state index contributed by atoms with van der Waals surface area (Å²) in [7, 11) is 1.64. The lowest BCUT2D eigenvalue weighted by molar-refractivity contribution is 0.0963. The molecule has 0 spiro atoms. The summed E-state index contributed by atoms with van der Waals surface area (Å²) in [5.74, 6) is -0.0585. The summed E-state index contributed by atoms with van der Waals surface area (Å²) in [6.45, 7) is 2.79. The smallest absolute Gasteiger partial charge is 0.251 e. The van der Waals surface area contributed by atoms with Crippen LogP contribution in [-0.4, -0.2) is 13.0 Å². The SMILES string of the molecule is CNC(=O)c1ccc(NCc2ccc(Br)s2)c(C)c1. The van der Waals surface area contributed by atoms with Crippen LogP contribution in [0.25, 0.3) is 0 Å². The topological polar surface area (TPSA) is 41.1 Å². The van der Waals surface area contributed by atoms with Crippen LogP contribution < -0.4 is 10.6 Å². The van der Waals surface area contributed by atoms with Crippen LogP contribution in [0, 0.1) is 6.92 Å². The van der Waals surface area contributed by atoms with Crippen LogP contribution in [-0.2, 0) is 6.54 Å². The van der Waals surface area contributed by atoms with Crippen LogP contribution in [0.2, 0.25) is 0 Å². The number of rotatable bonds is 4. The minimum atomic E-state index is -0.0585. The first-order valence-electron chi connectivity index (χ1n) is 5.91. The fourth-order valence-corrected chi connectivity index (χ4v) is 3.20. The molecule has 0 unspecified atom stereocenters. The molecule has 0 aliphatic rings. The maximum Gasteiger partial charge on any atom is 0.251 e. The van der Waals surface area contributed by atoms with Crippen molar-refractivity contribution in [2.24, 2.45) is 0 Å². The summed E-state index contributed by atoms with van der Waals surface area (Å²) in [5, 5.41) is 6.01. The number of benzene rings is 1. The van der Waals surface area contributed by atoms with Crippen LogP contribution in [0.5, 0.6) is 0 Å². The first kappa shape index (κ1) is 14.1. The van der Waals surface area contributed by atoms with E-state index in [2.05, 4.69) is 32.6 Å². The predicted molar refractivity (Wildman–Crippen MR) is 83.9 cm³/mol. The van der Waals surface area contributed by atoms with Crippen molar-refractivity contribution >= 4 is 38.9 Å². The Morgan fingerprint density at radius 1 is 1.32 bits per heavy atom. The monoisotopic (exact) mass is 338 g/mol. The summed E-state index contributed by atoms with van der Waals surface area (Å²) in [6, 6.07) is 9.81. The van der Waals surface area contributed by atoms with Gasteiger partial charge in [-0.3, -0.25) is 4.79 Å². The molecule has 19 heavy (non-hydrogen) atoms. The van der Waals surface area contributed by atoms with Crippen molar-refractivity contribution in [2.75, 3.05) is 12.4 Å². The standard InChI is InChI=1S/C14H15BrN2OS/c1-9-7-10(14(18)16-2)3-5-12(9)17-8-11-4-6-13(15)19-11/h3-7,17H,8H2,1-2H3,(H,16,18). The molecular formula is C14H15BrN2OS. The van der Waals surface area contributed by atoms with Crippen molar-refractivity contribution in [3.05, 3.63) is 50.1 Å². The van der Waals surface area contributed by atoms with Gasteiger partial charge in [-0.05, 0) is 58.7 Å². The molecular weight excluding hydrogens is 324 g/mol. The second-order valence-corrected chi connectivity index (χ2v) is 6.72. The number of halogens is 1. The molecule has 3 nitrogen and oxygen atoms in total. The summed E-state index contributed by atoms with van der Waals surface area (Å²) in [5.41, 5.74) is 2.80. The average Bonchev–Trinajstić information content (AvgIpc) is 2.82. The average molecular weight is 339 g/mol. The Morgan fingerprint density at radius 2 is 2.11 bits per heavy atom. The lowest BCUT2D eigenvalue weighted by Gasteiger charge is -2.10. The van der Waals surface area contributed by atoms with Gasteiger partial charge < -0.3 is 10.6 Å². The second kappa shape index (κ2) is 6.21. The zero-order chi connectivity index (χ0) is 13.8. The molecule has 1 amide bonds. The highest BCUT2D eigenvalue weighted by molar-refractivity contribution is 9.11. The van der Waals surface area contributed by atoms with Crippen LogP contribution in [0.3, 0.4) is 0 Å². The van der Waals surface area contributed by atoms with Gasteiger partial charge in [-0.1, -0.05) is 0 Å². The quantitative estimate of drug-likeness (QED) is 0.890. The molecule has 1 heterocycles. The Balaban J connectivity index is 2.07. The van der Waals surface area contributed by atoms with Gasteiger partial charge in [0.2, 0.25) is 0 Å². The summed E-state index contributed by atoms with van der Waals surface area (Å²) in [6.07, 6.45) is 0. The number of anilines is 1. The highest BCUT2D eigenvalue weighted by atomic mass is 79.9. The lowest BCUT2D eigenvalue weighted by atomic mass is 10.1. The highest BCUT2D eigenvalue weighted by Crippen LogP contribution is 2.24. The van der Waals surface area contributed by atoms with Crippen molar-refractivity contribution in [1.29, 1.82) is 0 Å². The van der Waals surface area contributed by atoms with Gasteiger partial charge in [0, 0.05) is 29.7 Å². The number of hydrogen-bond donors (Lipinski definition) is 2. The predicted octanol–water partition coefficient (Wildman–Crippen LogP) is 3.79. The molecule has 0 saturated carbocycles. The molecule has 5 heteroatoms. The largest absolute Gasteiger partial charge is 0.380 e. The van der Waals surface area contributed by atoms with Gasteiger partial charge in [-0.15, -0.1) is 11.3 Å². The van der Waals surface area contributed by atoms with Gasteiger partial charge in [0.15, 0.2) is 0 Å². The number of thiophene rings is 1. The van der Waals surface area contributed by atoms with E-state index in [1.54, 1.807) is 18.4 Å². The number of carbonyl (C=O) groups is 1. The van der Waals surface area contributed by atoms with Crippen LogP contribution in [0.4, 0.5) is 5.69 Å². The Bertz CT molecular complexity index is 595. The minimum absolute atomic E-state index is 0.0585. The molecule has 0 aliphatic carbocycles. The van der Waals surface area contributed by atoms with Crippen molar-refractivity contribution in [1.82, 2.24) is 5.32 Å². The van der Waals surface area contributed by atoms with Gasteiger partial charge in [-0.2, -0.15) is 0 Å². The first-order chi connectivity index (χ1) is 9.10. The zero-order valence-corrected chi connectivity index (χ0v) is 13.2. The van der Waals surface area contributed by atoms with Crippen molar-refractivity contribution in [3.63, 3.8) is 0 Å². The third-order valence-electron chi connectivity index (χ3n) is 2.80. The molecule has 100 valence electrons. The Labute approximate surface area is 125 Å². The zero-order valence-electron chi connectivity index (χ0n) is 10.8. The number of amides is 1. The fourth-order valence-electron chi connectivity index (χ4n) is 1.78. The maximum absolute atomic E-state index is 11.5. The summed E-state index contributed by atoms with van der Waals surface area (Å²) in [4.78, 5) is 12.8. The molecule has 1 aromatic heterocycles. The Morgan fingerprint density at radius 3 is 2.68 bits per heavy atom. The minimum Gasteiger partial charge on any atom is -0.380 e. The fraction of sp³-hybridized carbons (Fsp3) is 0.214. The van der Waals surface area contributed by atoms with E-state index < -0.39 is 0 Å². The molecule has 0 aliphatic heterocycles. The second-order valence-electron chi connectivity index (χ2n) is 4.17. The van der Waals surface area contributed by atoms with E-state index in [1.807, 2.05) is 31.2 Å². The van der Waals surface area contributed by atoms with Crippen LogP contribution >= 0.6 is 27.3 Å². The molecule has 0 atom stereocenters. The summed E-state index contributed by atoms with van der Waals surface area (Å²) >= 11 is 5.17. The van der Waals surface area contributed by atoms with Crippen molar-refractivity contribution in [3.8, 4) is 0 Å². The third-order valence-corrected chi connectivity index (χ3v) is 4.42. The van der Waals surface area contributed by atoms with Gasteiger partial charge in [0.05, 0.1) is 3.79 Å².